The third kappa shape index (κ3) is 4.63. The molecule has 92 valence electrons. The molecule has 0 aliphatic heterocycles. The second kappa shape index (κ2) is 5.80. The fourth-order valence-corrected chi connectivity index (χ4v) is 3.17. The maximum absolute atomic E-state index is 11.0. The van der Waals surface area contributed by atoms with Gasteiger partial charge in [0, 0.05) is 27.8 Å². The van der Waals surface area contributed by atoms with Gasteiger partial charge in [-0.15, -0.1) is 11.3 Å². The van der Waals surface area contributed by atoms with E-state index in [2.05, 4.69) is 19.1 Å². The van der Waals surface area contributed by atoms with Crippen LogP contribution in [0.4, 0.5) is 0 Å². The van der Waals surface area contributed by atoms with Gasteiger partial charge in [-0.1, -0.05) is 6.92 Å². The number of rotatable bonds is 6. The number of hydrogen-bond acceptors (Lipinski definition) is 4. The van der Waals surface area contributed by atoms with Crippen molar-refractivity contribution < 1.29 is 8.42 Å². The van der Waals surface area contributed by atoms with Gasteiger partial charge in [-0.25, -0.2) is 8.42 Å². The summed E-state index contributed by atoms with van der Waals surface area (Å²) in [5.74, 6) is 0.229. The highest BCUT2D eigenvalue weighted by atomic mass is 32.2. The van der Waals surface area contributed by atoms with E-state index in [1.165, 1.54) is 11.1 Å². The Labute approximate surface area is 102 Å². The number of thiophene rings is 1. The summed E-state index contributed by atoms with van der Waals surface area (Å²) in [4.78, 5) is 2.49. The molecule has 0 aromatic carbocycles. The van der Waals surface area contributed by atoms with Crippen LogP contribution in [-0.4, -0.2) is 20.4 Å². The van der Waals surface area contributed by atoms with E-state index in [1.54, 1.807) is 11.3 Å². The molecule has 0 saturated carbocycles. The van der Waals surface area contributed by atoms with Gasteiger partial charge in [0.25, 0.3) is 0 Å². The van der Waals surface area contributed by atoms with Crippen LogP contribution in [0.15, 0.2) is 12.1 Å². The van der Waals surface area contributed by atoms with E-state index in [0.29, 0.717) is 6.42 Å². The molecule has 1 aromatic rings. The molecule has 1 heterocycles. The molecule has 5 heteroatoms. The van der Waals surface area contributed by atoms with Gasteiger partial charge in [0.05, 0.1) is 0 Å². The van der Waals surface area contributed by atoms with Crippen LogP contribution >= 0.6 is 11.3 Å². The Bertz CT molecular complexity index is 423. The molecule has 0 saturated heterocycles. The summed E-state index contributed by atoms with van der Waals surface area (Å²) >= 11 is 1.72. The number of aryl methyl sites for hydroxylation is 1. The summed E-state index contributed by atoms with van der Waals surface area (Å²) in [6, 6.07) is 4.12. The van der Waals surface area contributed by atoms with Crippen molar-refractivity contribution in [3.05, 3.63) is 21.9 Å². The molecule has 3 nitrogen and oxygen atoms in total. The zero-order chi connectivity index (χ0) is 12.2. The monoisotopic (exact) mass is 261 g/mol. The van der Waals surface area contributed by atoms with Crippen molar-refractivity contribution in [2.75, 3.05) is 12.0 Å². The van der Waals surface area contributed by atoms with Gasteiger partial charge in [0.15, 0.2) is 0 Å². The van der Waals surface area contributed by atoms with Gasteiger partial charge < -0.3 is 5.73 Å². The second-order valence-corrected chi connectivity index (χ2v) is 7.50. The minimum Gasteiger partial charge on any atom is -0.323 e. The fraction of sp³-hybridized carbons (Fsp3) is 0.636. The molecule has 2 N–H and O–H groups in total. The van der Waals surface area contributed by atoms with Crippen LogP contribution in [0.5, 0.6) is 0 Å². The van der Waals surface area contributed by atoms with Crippen molar-refractivity contribution >= 4 is 21.2 Å². The maximum atomic E-state index is 11.0. The SMILES string of the molecule is CCc1ccc(C(N)CCCS(C)(=O)=O)s1. The lowest BCUT2D eigenvalue weighted by atomic mass is 10.1. The lowest BCUT2D eigenvalue weighted by Crippen LogP contribution is -2.11. The molecule has 1 unspecified atom stereocenters. The number of hydrogen-bond donors (Lipinski definition) is 1. The first kappa shape index (κ1) is 13.7. The third-order valence-electron chi connectivity index (χ3n) is 2.43. The van der Waals surface area contributed by atoms with Gasteiger partial charge in [-0.2, -0.15) is 0 Å². The quantitative estimate of drug-likeness (QED) is 0.853. The smallest absolute Gasteiger partial charge is 0.147 e. The topological polar surface area (TPSA) is 60.2 Å². The summed E-state index contributed by atoms with van der Waals surface area (Å²) in [5.41, 5.74) is 6.01. The first-order valence-electron chi connectivity index (χ1n) is 5.44. The van der Waals surface area contributed by atoms with Gasteiger partial charge in [-0.3, -0.25) is 0 Å². The highest BCUT2D eigenvalue weighted by molar-refractivity contribution is 7.90. The molecule has 16 heavy (non-hydrogen) atoms. The molecular weight excluding hydrogens is 242 g/mol. The van der Waals surface area contributed by atoms with E-state index in [4.69, 9.17) is 5.73 Å². The maximum Gasteiger partial charge on any atom is 0.147 e. The lowest BCUT2D eigenvalue weighted by Gasteiger charge is -2.08. The predicted molar refractivity (Wildman–Crippen MR) is 69.6 cm³/mol. The standard InChI is InChI=1S/C11H19NO2S2/c1-3-9-6-7-11(15-9)10(12)5-4-8-16(2,13)14/h6-7,10H,3-5,8,12H2,1-2H3. The van der Waals surface area contributed by atoms with E-state index in [1.807, 2.05) is 0 Å². The van der Waals surface area contributed by atoms with Crippen molar-refractivity contribution in [2.24, 2.45) is 5.73 Å². The lowest BCUT2D eigenvalue weighted by molar-refractivity contribution is 0.589. The highest BCUT2D eigenvalue weighted by Crippen LogP contribution is 2.25. The van der Waals surface area contributed by atoms with Crippen LogP contribution in [-0.2, 0) is 16.3 Å². The van der Waals surface area contributed by atoms with Crippen molar-refractivity contribution in [2.45, 2.75) is 32.2 Å². The minimum absolute atomic E-state index is 0.0213. The van der Waals surface area contributed by atoms with Crippen LogP contribution in [0.2, 0.25) is 0 Å². The van der Waals surface area contributed by atoms with Gasteiger partial charge in [-0.05, 0) is 31.4 Å². The van der Waals surface area contributed by atoms with E-state index in [0.717, 1.165) is 17.7 Å². The predicted octanol–water partition coefficient (Wildman–Crippen LogP) is 2.14. The Morgan fingerprint density at radius 2 is 2.12 bits per heavy atom. The van der Waals surface area contributed by atoms with Gasteiger partial charge in [0.1, 0.15) is 9.84 Å². The Balaban J connectivity index is 2.43. The fourth-order valence-electron chi connectivity index (χ4n) is 1.49. The number of sulfone groups is 1. The zero-order valence-corrected chi connectivity index (χ0v) is 11.4. The van der Waals surface area contributed by atoms with E-state index in [-0.39, 0.29) is 11.8 Å². The molecule has 0 amide bonds. The first-order valence-corrected chi connectivity index (χ1v) is 8.32. The summed E-state index contributed by atoms with van der Waals surface area (Å²) in [7, 11) is -2.85. The number of nitrogens with two attached hydrogens (primary N) is 1. The Hall–Kier alpha value is -0.390. The Kier molecular flexibility index (Phi) is 4.95. The molecule has 1 rings (SSSR count). The van der Waals surface area contributed by atoms with Crippen LogP contribution in [0, 0.1) is 0 Å². The summed E-state index contributed by atoms with van der Waals surface area (Å²) < 4.78 is 21.9. The molecule has 0 radical (unpaired) electrons. The molecule has 1 atom stereocenters. The summed E-state index contributed by atoms with van der Waals surface area (Å²) in [6.45, 7) is 2.12. The molecule has 0 bridgehead atoms. The third-order valence-corrected chi connectivity index (χ3v) is 4.82. The average molecular weight is 261 g/mol. The normalized spacial score (nSPS) is 13.9. The molecule has 0 fully saturated rings. The van der Waals surface area contributed by atoms with Crippen LogP contribution < -0.4 is 5.73 Å². The average Bonchev–Trinajstić information content (AvgIpc) is 2.63. The van der Waals surface area contributed by atoms with Crippen LogP contribution in [0.3, 0.4) is 0 Å². The van der Waals surface area contributed by atoms with Crippen LogP contribution in [0.1, 0.15) is 35.6 Å². The molecular formula is C11H19NO2S2. The first-order chi connectivity index (χ1) is 7.42. The molecule has 0 aliphatic rings. The van der Waals surface area contributed by atoms with Crippen molar-refractivity contribution in [1.29, 1.82) is 0 Å². The molecule has 0 aliphatic carbocycles. The van der Waals surface area contributed by atoms with Gasteiger partial charge >= 0.3 is 0 Å². The van der Waals surface area contributed by atoms with Crippen molar-refractivity contribution in [3.63, 3.8) is 0 Å². The largest absolute Gasteiger partial charge is 0.323 e. The Morgan fingerprint density at radius 3 is 2.62 bits per heavy atom. The Morgan fingerprint density at radius 1 is 1.44 bits per heavy atom. The molecule has 0 spiro atoms. The minimum atomic E-state index is -2.85. The summed E-state index contributed by atoms with van der Waals surface area (Å²) in [5, 5.41) is 0. The highest BCUT2D eigenvalue weighted by Gasteiger charge is 2.10. The second-order valence-electron chi connectivity index (χ2n) is 4.04. The van der Waals surface area contributed by atoms with Crippen molar-refractivity contribution in [1.82, 2.24) is 0 Å². The molecule has 1 aromatic heterocycles. The summed E-state index contributed by atoms with van der Waals surface area (Å²) in [6.07, 6.45) is 3.66. The van der Waals surface area contributed by atoms with E-state index < -0.39 is 9.84 Å². The van der Waals surface area contributed by atoms with Crippen LogP contribution in [0.25, 0.3) is 0 Å². The zero-order valence-electron chi connectivity index (χ0n) is 9.77. The van der Waals surface area contributed by atoms with Crippen molar-refractivity contribution in [3.8, 4) is 0 Å². The van der Waals surface area contributed by atoms with E-state index >= 15 is 0 Å². The van der Waals surface area contributed by atoms with E-state index in [9.17, 15) is 8.42 Å². The van der Waals surface area contributed by atoms with Gasteiger partial charge in [0.2, 0.25) is 0 Å².